The number of piperidine rings is 1. The zero-order valence-corrected chi connectivity index (χ0v) is 12.8. The second kappa shape index (κ2) is 6.89. The lowest BCUT2D eigenvalue weighted by molar-refractivity contribution is -0.135. The van der Waals surface area contributed by atoms with Crippen LogP contribution in [0.15, 0.2) is 30.6 Å². The second-order valence-electron chi connectivity index (χ2n) is 5.87. The van der Waals surface area contributed by atoms with Crippen LogP contribution in [0.4, 0.5) is 8.78 Å². The Hall–Kier alpha value is -2.24. The van der Waals surface area contributed by atoms with Crippen molar-refractivity contribution < 1.29 is 13.6 Å². The molecule has 1 unspecified atom stereocenters. The number of hydrogen-bond acceptors (Lipinski definition) is 2. The molecule has 6 heteroatoms. The maximum absolute atomic E-state index is 13.7. The molecular formula is C17H19F2N3O. The van der Waals surface area contributed by atoms with Gasteiger partial charge in [0.1, 0.15) is 11.6 Å². The number of aryl methyl sites for hydroxylation is 1. The van der Waals surface area contributed by atoms with Gasteiger partial charge in [0.25, 0.3) is 0 Å². The Balaban J connectivity index is 1.67. The normalized spacial score (nSPS) is 18.2. The Morgan fingerprint density at radius 2 is 2.22 bits per heavy atom. The maximum atomic E-state index is 13.7. The number of nitrogens with zero attached hydrogens (tertiary/aromatic N) is 2. The van der Waals surface area contributed by atoms with E-state index >= 15 is 0 Å². The van der Waals surface area contributed by atoms with E-state index < -0.39 is 11.6 Å². The van der Waals surface area contributed by atoms with E-state index in [4.69, 9.17) is 0 Å². The molecule has 3 rings (SSSR count). The number of amides is 1. The van der Waals surface area contributed by atoms with Gasteiger partial charge < -0.3 is 4.90 Å². The van der Waals surface area contributed by atoms with Gasteiger partial charge in [-0.05, 0) is 49.4 Å². The molecule has 0 saturated carbocycles. The van der Waals surface area contributed by atoms with E-state index in [-0.39, 0.29) is 30.4 Å². The number of benzene rings is 1. The summed E-state index contributed by atoms with van der Waals surface area (Å²) in [6.07, 6.45) is 6.86. The smallest absolute Gasteiger partial charge is 0.223 e. The molecule has 1 amide bonds. The van der Waals surface area contributed by atoms with E-state index in [1.807, 2.05) is 11.1 Å². The van der Waals surface area contributed by atoms with Crippen molar-refractivity contribution in [3.63, 3.8) is 0 Å². The largest absolute Gasteiger partial charge is 0.336 e. The fourth-order valence-corrected chi connectivity index (χ4v) is 3.14. The Kier molecular flexibility index (Phi) is 4.69. The highest BCUT2D eigenvalue weighted by molar-refractivity contribution is 5.77. The van der Waals surface area contributed by atoms with Crippen molar-refractivity contribution in [1.82, 2.24) is 15.1 Å². The number of likely N-dealkylation sites (tertiary alicyclic amines) is 1. The molecule has 1 aliphatic heterocycles. The van der Waals surface area contributed by atoms with Gasteiger partial charge in [-0.2, -0.15) is 5.10 Å². The zero-order valence-electron chi connectivity index (χ0n) is 12.8. The molecule has 1 N–H and O–H groups in total. The highest BCUT2D eigenvalue weighted by atomic mass is 19.1. The Morgan fingerprint density at radius 3 is 3.00 bits per heavy atom. The summed E-state index contributed by atoms with van der Waals surface area (Å²) in [6, 6.07) is 3.36. The van der Waals surface area contributed by atoms with E-state index in [9.17, 15) is 13.6 Å². The average Bonchev–Trinajstić information content (AvgIpc) is 3.10. The van der Waals surface area contributed by atoms with Crippen molar-refractivity contribution in [2.75, 3.05) is 6.54 Å². The Labute approximate surface area is 133 Å². The van der Waals surface area contributed by atoms with Crippen LogP contribution in [0.25, 0.3) is 0 Å². The summed E-state index contributed by atoms with van der Waals surface area (Å²) in [4.78, 5) is 14.4. The topological polar surface area (TPSA) is 49.0 Å². The predicted octanol–water partition coefficient (Wildman–Crippen LogP) is 3.37. The maximum Gasteiger partial charge on any atom is 0.223 e. The molecule has 1 saturated heterocycles. The molecule has 23 heavy (non-hydrogen) atoms. The molecular weight excluding hydrogens is 300 g/mol. The minimum absolute atomic E-state index is 0.0207. The molecule has 0 bridgehead atoms. The van der Waals surface area contributed by atoms with Gasteiger partial charge in [0.15, 0.2) is 0 Å². The SMILES string of the molecule is O=C(CCc1cc(F)ccc1F)N1CCCCC1c1cn[nH]c1. The fraction of sp³-hybridized carbons (Fsp3) is 0.412. The molecule has 0 spiro atoms. The summed E-state index contributed by atoms with van der Waals surface area (Å²) in [6.45, 7) is 0.695. The first-order valence-electron chi connectivity index (χ1n) is 7.87. The van der Waals surface area contributed by atoms with E-state index in [0.29, 0.717) is 6.54 Å². The van der Waals surface area contributed by atoms with Crippen LogP contribution in [0, 0.1) is 11.6 Å². The van der Waals surface area contributed by atoms with E-state index in [2.05, 4.69) is 10.2 Å². The first-order valence-corrected chi connectivity index (χ1v) is 7.87. The van der Waals surface area contributed by atoms with Crippen molar-refractivity contribution in [3.05, 3.63) is 53.4 Å². The lowest BCUT2D eigenvalue weighted by atomic mass is 9.96. The van der Waals surface area contributed by atoms with Crippen LogP contribution < -0.4 is 0 Å². The lowest BCUT2D eigenvalue weighted by Gasteiger charge is -2.35. The number of aromatic amines is 1. The number of halogens is 2. The van der Waals surface area contributed by atoms with Crippen LogP contribution >= 0.6 is 0 Å². The summed E-state index contributed by atoms with van der Waals surface area (Å²) in [5.41, 5.74) is 1.24. The average molecular weight is 319 g/mol. The monoisotopic (exact) mass is 319 g/mol. The first-order chi connectivity index (χ1) is 11.1. The lowest BCUT2D eigenvalue weighted by Crippen LogP contribution is -2.38. The molecule has 4 nitrogen and oxygen atoms in total. The van der Waals surface area contributed by atoms with Gasteiger partial charge >= 0.3 is 0 Å². The molecule has 1 aromatic heterocycles. The van der Waals surface area contributed by atoms with E-state index in [1.54, 1.807) is 6.20 Å². The number of H-pyrrole nitrogens is 1. The third kappa shape index (κ3) is 3.57. The van der Waals surface area contributed by atoms with Gasteiger partial charge in [-0.15, -0.1) is 0 Å². The van der Waals surface area contributed by atoms with Crippen molar-refractivity contribution in [1.29, 1.82) is 0 Å². The quantitative estimate of drug-likeness (QED) is 0.939. The van der Waals surface area contributed by atoms with E-state index in [0.717, 1.165) is 43.0 Å². The third-order valence-electron chi connectivity index (χ3n) is 4.34. The molecule has 0 radical (unpaired) electrons. The molecule has 2 aromatic rings. The number of nitrogens with one attached hydrogen (secondary N) is 1. The van der Waals surface area contributed by atoms with Gasteiger partial charge in [0, 0.05) is 24.7 Å². The van der Waals surface area contributed by atoms with Crippen LogP contribution in [-0.2, 0) is 11.2 Å². The van der Waals surface area contributed by atoms with Crippen LogP contribution in [0.3, 0.4) is 0 Å². The minimum atomic E-state index is -0.483. The summed E-state index contributed by atoms with van der Waals surface area (Å²) < 4.78 is 26.9. The summed E-state index contributed by atoms with van der Waals surface area (Å²) in [7, 11) is 0. The van der Waals surface area contributed by atoms with Crippen molar-refractivity contribution >= 4 is 5.91 Å². The molecule has 2 heterocycles. The highest BCUT2D eigenvalue weighted by Gasteiger charge is 2.28. The third-order valence-corrected chi connectivity index (χ3v) is 4.34. The van der Waals surface area contributed by atoms with Crippen LogP contribution in [0.1, 0.15) is 42.9 Å². The van der Waals surface area contributed by atoms with E-state index in [1.165, 1.54) is 0 Å². The number of rotatable bonds is 4. The molecule has 122 valence electrons. The van der Waals surface area contributed by atoms with Gasteiger partial charge in [-0.3, -0.25) is 9.89 Å². The van der Waals surface area contributed by atoms with Gasteiger partial charge in [0.2, 0.25) is 5.91 Å². The van der Waals surface area contributed by atoms with Gasteiger partial charge in [-0.25, -0.2) is 8.78 Å². The summed E-state index contributed by atoms with van der Waals surface area (Å²) in [5, 5.41) is 6.73. The number of carbonyl (C=O) groups is 1. The van der Waals surface area contributed by atoms with Crippen molar-refractivity contribution in [2.45, 2.75) is 38.1 Å². The van der Waals surface area contributed by atoms with Crippen molar-refractivity contribution in [3.8, 4) is 0 Å². The van der Waals surface area contributed by atoms with Crippen LogP contribution in [0.5, 0.6) is 0 Å². The Morgan fingerprint density at radius 1 is 1.35 bits per heavy atom. The number of hydrogen-bond donors (Lipinski definition) is 1. The molecule has 1 aromatic carbocycles. The molecule has 0 aliphatic carbocycles. The van der Waals surface area contributed by atoms with Gasteiger partial charge in [0.05, 0.1) is 12.2 Å². The first kappa shape index (κ1) is 15.6. The van der Waals surface area contributed by atoms with Crippen LogP contribution in [0.2, 0.25) is 0 Å². The van der Waals surface area contributed by atoms with Crippen LogP contribution in [-0.4, -0.2) is 27.5 Å². The highest BCUT2D eigenvalue weighted by Crippen LogP contribution is 2.31. The second-order valence-corrected chi connectivity index (χ2v) is 5.87. The standard InChI is InChI=1S/C17H19F2N3O/c18-14-5-6-15(19)12(9-14)4-7-17(23)22-8-2-1-3-16(22)13-10-20-21-11-13/h5-6,9-11,16H,1-4,7-8H2,(H,20,21). The van der Waals surface area contributed by atoms with Gasteiger partial charge in [-0.1, -0.05) is 0 Å². The molecule has 1 fully saturated rings. The number of aromatic nitrogens is 2. The molecule has 1 atom stereocenters. The summed E-state index contributed by atoms with van der Waals surface area (Å²) >= 11 is 0. The van der Waals surface area contributed by atoms with Crippen molar-refractivity contribution in [2.24, 2.45) is 0 Å². The molecule has 1 aliphatic rings. The Bertz CT molecular complexity index is 672. The minimum Gasteiger partial charge on any atom is -0.336 e. The summed E-state index contributed by atoms with van der Waals surface area (Å²) in [5.74, 6) is -0.980. The zero-order chi connectivity index (χ0) is 16.2. The number of carbonyl (C=O) groups excluding carboxylic acids is 1. The fourth-order valence-electron chi connectivity index (χ4n) is 3.14. The predicted molar refractivity (Wildman–Crippen MR) is 81.6 cm³/mol.